The molecule has 2 aromatic carbocycles. The number of hydrogen-bond donors (Lipinski definition) is 3. The second kappa shape index (κ2) is 8.27. The van der Waals surface area contributed by atoms with Gasteiger partial charge in [0.05, 0.1) is 12.4 Å². The number of nitrogens with one attached hydrogen (secondary N) is 3. The van der Waals surface area contributed by atoms with Gasteiger partial charge in [-0.2, -0.15) is 0 Å². The number of rotatable bonds is 7. The number of hydrogen-bond acceptors (Lipinski definition) is 4. The van der Waals surface area contributed by atoms with Crippen molar-refractivity contribution in [2.45, 2.75) is 19.1 Å². The Bertz CT molecular complexity index is 783. The number of benzene rings is 2. The Kier molecular flexibility index (Phi) is 5.40. The molecule has 2 atom stereocenters. The SMILES string of the molecule is c1ccc(C2NNCC2CNCc2ccc(Cn3ccnc3)cc2)cc1. The average Bonchev–Trinajstić information content (AvgIpc) is 3.36. The molecule has 3 N–H and O–H groups in total. The van der Waals surface area contributed by atoms with Crippen LogP contribution in [0.5, 0.6) is 0 Å². The second-order valence-electron chi connectivity index (χ2n) is 6.86. The molecular weight excluding hydrogens is 322 g/mol. The van der Waals surface area contributed by atoms with Crippen LogP contribution in [0.4, 0.5) is 0 Å². The molecule has 0 aliphatic carbocycles. The predicted octanol–water partition coefficient (Wildman–Crippen LogP) is 2.49. The molecule has 0 spiro atoms. The van der Waals surface area contributed by atoms with E-state index < -0.39 is 0 Å². The normalized spacial score (nSPS) is 19.7. The maximum absolute atomic E-state index is 4.08. The summed E-state index contributed by atoms with van der Waals surface area (Å²) in [5, 5.41) is 3.61. The molecule has 2 unspecified atom stereocenters. The van der Waals surface area contributed by atoms with E-state index in [0.29, 0.717) is 12.0 Å². The molecule has 0 radical (unpaired) electrons. The van der Waals surface area contributed by atoms with Gasteiger partial charge in [0.2, 0.25) is 0 Å². The van der Waals surface area contributed by atoms with Gasteiger partial charge in [-0.15, -0.1) is 0 Å². The molecule has 0 saturated carbocycles. The van der Waals surface area contributed by atoms with E-state index in [-0.39, 0.29) is 0 Å². The molecule has 2 heterocycles. The summed E-state index contributed by atoms with van der Waals surface area (Å²) in [5.41, 5.74) is 10.7. The van der Waals surface area contributed by atoms with Crippen molar-refractivity contribution < 1.29 is 0 Å². The minimum atomic E-state index is 0.362. The third kappa shape index (κ3) is 4.19. The van der Waals surface area contributed by atoms with Crippen LogP contribution >= 0.6 is 0 Å². The maximum atomic E-state index is 4.08. The first-order valence-electron chi connectivity index (χ1n) is 9.16. The molecule has 0 amide bonds. The van der Waals surface area contributed by atoms with Crippen LogP contribution in [0.1, 0.15) is 22.7 Å². The van der Waals surface area contributed by atoms with Crippen molar-refractivity contribution in [1.82, 2.24) is 25.7 Å². The monoisotopic (exact) mass is 347 g/mol. The van der Waals surface area contributed by atoms with Gasteiger partial charge in [-0.1, -0.05) is 54.6 Å². The summed E-state index contributed by atoms with van der Waals surface area (Å²) in [4.78, 5) is 4.08. The van der Waals surface area contributed by atoms with E-state index in [2.05, 4.69) is 80.3 Å². The third-order valence-corrected chi connectivity index (χ3v) is 4.93. The Balaban J connectivity index is 1.27. The van der Waals surface area contributed by atoms with E-state index in [1.54, 1.807) is 0 Å². The molecular formula is C21H25N5. The van der Waals surface area contributed by atoms with E-state index in [9.17, 15) is 0 Å². The molecule has 1 aliphatic heterocycles. The largest absolute Gasteiger partial charge is 0.333 e. The number of nitrogens with zero attached hydrogens (tertiary/aromatic N) is 2. The van der Waals surface area contributed by atoms with Crippen LogP contribution in [0.15, 0.2) is 73.3 Å². The van der Waals surface area contributed by atoms with Crippen molar-refractivity contribution in [1.29, 1.82) is 0 Å². The fourth-order valence-electron chi connectivity index (χ4n) is 3.50. The number of imidazole rings is 1. The minimum absolute atomic E-state index is 0.362. The van der Waals surface area contributed by atoms with Gasteiger partial charge in [0.15, 0.2) is 0 Å². The first-order chi connectivity index (χ1) is 12.9. The quantitative estimate of drug-likeness (QED) is 0.615. The fraction of sp³-hybridized carbons (Fsp3) is 0.286. The molecule has 134 valence electrons. The predicted molar refractivity (Wildman–Crippen MR) is 103 cm³/mol. The Labute approximate surface area is 154 Å². The lowest BCUT2D eigenvalue weighted by Crippen LogP contribution is -2.28. The highest BCUT2D eigenvalue weighted by Gasteiger charge is 2.27. The summed E-state index contributed by atoms with van der Waals surface area (Å²) in [6, 6.07) is 19.8. The van der Waals surface area contributed by atoms with Gasteiger partial charge in [0.1, 0.15) is 0 Å². The van der Waals surface area contributed by atoms with Gasteiger partial charge >= 0.3 is 0 Å². The smallest absolute Gasteiger partial charge is 0.0949 e. The third-order valence-electron chi connectivity index (χ3n) is 4.93. The van der Waals surface area contributed by atoms with Crippen molar-refractivity contribution in [2.75, 3.05) is 13.1 Å². The lowest BCUT2D eigenvalue weighted by molar-refractivity contribution is 0.441. The number of aromatic nitrogens is 2. The highest BCUT2D eigenvalue weighted by atomic mass is 15.4. The lowest BCUT2D eigenvalue weighted by atomic mass is 9.95. The van der Waals surface area contributed by atoms with Gasteiger partial charge in [-0.05, 0) is 16.7 Å². The van der Waals surface area contributed by atoms with Crippen molar-refractivity contribution in [2.24, 2.45) is 5.92 Å². The Morgan fingerprint density at radius 1 is 1.04 bits per heavy atom. The molecule has 1 fully saturated rings. The maximum Gasteiger partial charge on any atom is 0.0949 e. The van der Waals surface area contributed by atoms with E-state index in [1.165, 1.54) is 16.7 Å². The molecule has 5 nitrogen and oxygen atoms in total. The highest BCUT2D eigenvalue weighted by molar-refractivity contribution is 5.23. The summed E-state index contributed by atoms with van der Waals surface area (Å²) in [6.45, 7) is 3.72. The van der Waals surface area contributed by atoms with Gasteiger partial charge in [-0.25, -0.2) is 10.4 Å². The summed E-state index contributed by atoms with van der Waals surface area (Å²) in [5.74, 6) is 0.540. The molecule has 26 heavy (non-hydrogen) atoms. The van der Waals surface area contributed by atoms with E-state index >= 15 is 0 Å². The zero-order valence-corrected chi connectivity index (χ0v) is 14.8. The van der Waals surface area contributed by atoms with Crippen LogP contribution in [0, 0.1) is 5.92 Å². The minimum Gasteiger partial charge on any atom is -0.333 e. The van der Waals surface area contributed by atoms with Crippen LogP contribution in [0.25, 0.3) is 0 Å². The van der Waals surface area contributed by atoms with Crippen molar-refractivity contribution in [3.8, 4) is 0 Å². The second-order valence-corrected chi connectivity index (χ2v) is 6.86. The van der Waals surface area contributed by atoms with Crippen LogP contribution < -0.4 is 16.2 Å². The summed E-state index contributed by atoms with van der Waals surface area (Å²) in [6.07, 6.45) is 5.65. The molecule has 0 bridgehead atoms. The number of hydrazine groups is 1. The zero-order valence-electron chi connectivity index (χ0n) is 14.8. The zero-order chi connectivity index (χ0) is 17.6. The fourth-order valence-corrected chi connectivity index (χ4v) is 3.50. The van der Waals surface area contributed by atoms with Gasteiger partial charge in [0.25, 0.3) is 0 Å². The molecule has 1 saturated heterocycles. The van der Waals surface area contributed by atoms with Crippen molar-refractivity contribution in [3.05, 3.63) is 90.0 Å². The average molecular weight is 347 g/mol. The molecule has 4 rings (SSSR count). The van der Waals surface area contributed by atoms with Gasteiger partial charge in [0, 0.05) is 44.5 Å². The lowest BCUT2D eigenvalue weighted by Gasteiger charge is -2.19. The summed E-state index contributed by atoms with van der Waals surface area (Å²) < 4.78 is 2.08. The summed E-state index contributed by atoms with van der Waals surface area (Å²) in [7, 11) is 0. The Morgan fingerprint density at radius 3 is 2.62 bits per heavy atom. The van der Waals surface area contributed by atoms with Crippen molar-refractivity contribution >= 4 is 0 Å². The van der Waals surface area contributed by atoms with Gasteiger partial charge < -0.3 is 9.88 Å². The van der Waals surface area contributed by atoms with E-state index in [4.69, 9.17) is 0 Å². The molecule has 5 heteroatoms. The highest BCUT2D eigenvalue weighted by Crippen LogP contribution is 2.24. The molecule has 1 aromatic heterocycles. The van der Waals surface area contributed by atoms with Crippen LogP contribution in [-0.2, 0) is 13.1 Å². The van der Waals surface area contributed by atoms with Crippen LogP contribution in [0.2, 0.25) is 0 Å². The van der Waals surface area contributed by atoms with Gasteiger partial charge in [-0.3, -0.25) is 5.43 Å². The first kappa shape index (κ1) is 17.0. The van der Waals surface area contributed by atoms with Crippen molar-refractivity contribution in [3.63, 3.8) is 0 Å². The molecule has 3 aromatic rings. The van der Waals surface area contributed by atoms with E-state index in [0.717, 1.165) is 26.2 Å². The summed E-state index contributed by atoms with van der Waals surface area (Å²) >= 11 is 0. The first-order valence-corrected chi connectivity index (χ1v) is 9.16. The molecule has 1 aliphatic rings. The Hall–Kier alpha value is -2.47. The van der Waals surface area contributed by atoms with E-state index in [1.807, 2.05) is 18.7 Å². The van der Waals surface area contributed by atoms with Crippen LogP contribution in [-0.4, -0.2) is 22.6 Å². The van der Waals surface area contributed by atoms with Crippen LogP contribution in [0.3, 0.4) is 0 Å². The topological polar surface area (TPSA) is 53.9 Å². The standard InChI is InChI=1S/C21H25N5/c1-2-4-19(5-3-1)21-20(14-24-25-21)13-23-12-17-6-8-18(9-7-17)15-26-11-10-22-16-26/h1-11,16,20-21,23-25H,12-15H2. The Morgan fingerprint density at radius 2 is 1.85 bits per heavy atom.